The van der Waals surface area contributed by atoms with E-state index in [0.717, 1.165) is 70.4 Å². The van der Waals surface area contributed by atoms with E-state index in [0.29, 0.717) is 24.2 Å². The predicted octanol–water partition coefficient (Wildman–Crippen LogP) is 2.31. The molecule has 3 heterocycles. The Hall–Kier alpha value is -2.35. The molecule has 8 heteroatoms. The Morgan fingerprint density at radius 2 is 1.90 bits per heavy atom. The number of amides is 2. The summed E-state index contributed by atoms with van der Waals surface area (Å²) in [5.74, 6) is 1.58. The van der Waals surface area contributed by atoms with E-state index in [9.17, 15) is 14.7 Å². The van der Waals surface area contributed by atoms with Crippen molar-refractivity contribution in [1.29, 1.82) is 0 Å². The molecule has 2 N–H and O–H groups in total. The Morgan fingerprint density at radius 3 is 2.53 bits per heavy atom. The van der Waals surface area contributed by atoms with Gasteiger partial charge in [-0.3, -0.25) is 4.79 Å². The van der Waals surface area contributed by atoms with Gasteiger partial charge in [0.05, 0.1) is 17.7 Å². The first-order valence-corrected chi connectivity index (χ1v) is 11.2. The number of anilines is 1. The van der Waals surface area contributed by atoms with Crippen molar-refractivity contribution in [3.05, 3.63) is 18.3 Å². The van der Waals surface area contributed by atoms with Crippen LogP contribution in [0.3, 0.4) is 0 Å². The molecule has 1 aromatic rings. The van der Waals surface area contributed by atoms with Gasteiger partial charge in [-0.1, -0.05) is 0 Å². The van der Waals surface area contributed by atoms with Crippen LogP contribution in [-0.2, 0) is 4.79 Å². The number of carbonyl (C=O) groups excluding carboxylic acids is 2. The van der Waals surface area contributed by atoms with E-state index in [1.54, 1.807) is 12.3 Å². The third-order valence-corrected chi connectivity index (χ3v) is 6.95. The van der Waals surface area contributed by atoms with Crippen LogP contribution in [-0.4, -0.2) is 65.3 Å². The lowest BCUT2D eigenvalue weighted by atomic mass is 9.77. The molecule has 164 valence electrons. The number of pyridine rings is 1. The molecule has 1 spiro atoms. The van der Waals surface area contributed by atoms with Crippen molar-refractivity contribution in [2.24, 2.45) is 5.41 Å². The molecule has 2 amide bonds. The number of carbonyl (C=O) groups is 2. The molecule has 0 aromatic carbocycles. The van der Waals surface area contributed by atoms with Crippen LogP contribution in [0.5, 0.6) is 5.75 Å². The van der Waals surface area contributed by atoms with Crippen LogP contribution in [0.15, 0.2) is 18.3 Å². The quantitative estimate of drug-likeness (QED) is 0.782. The van der Waals surface area contributed by atoms with E-state index in [1.165, 1.54) is 0 Å². The van der Waals surface area contributed by atoms with Gasteiger partial charge in [-0.05, 0) is 64.0 Å². The number of hydrogen-bond donors (Lipinski definition) is 2. The Balaban J connectivity index is 1.32. The number of nitrogens with one attached hydrogen (secondary N) is 1. The molecule has 2 aliphatic heterocycles. The fraction of sp³-hybridized carbons (Fsp3) is 0.682. The van der Waals surface area contributed by atoms with E-state index in [2.05, 4.69) is 20.1 Å². The Bertz CT molecular complexity index is 753. The van der Waals surface area contributed by atoms with Crippen LogP contribution < -0.4 is 15.0 Å². The molecule has 0 unspecified atom stereocenters. The molecule has 3 aliphatic rings. The first-order chi connectivity index (χ1) is 14.5. The molecule has 0 atom stereocenters. The minimum Gasteiger partial charge on any atom is -0.409 e. The number of hydrogen-bond acceptors (Lipinski definition) is 6. The highest BCUT2D eigenvalue weighted by Gasteiger charge is 2.50. The highest BCUT2D eigenvalue weighted by molar-refractivity contribution is 5.85. The maximum atomic E-state index is 13.3. The van der Waals surface area contributed by atoms with Gasteiger partial charge in [-0.25, -0.2) is 9.78 Å². The summed E-state index contributed by atoms with van der Waals surface area (Å²) in [5.41, 5.74) is -0.228. The second kappa shape index (κ2) is 8.79. The number of rotatable bonds is 4. The minimum atomic E-state index is -0.483. The maximum absolute atomic E-state index is 13.3. The maximum Gasteiger partial charge on any atom is 0.412 e. The minimum absolute atomic E-state index is 0.193. The van der Waals surface area contributed by atoms with E-state index in [1.807, 2.05) is 13.0 Å². The van der Waals surface area contributed by atoms with Crippen molar-refractivity contribution in [2.75, 3.05) is 31.1 Å². The van der Waals surface area contributed by atoms with Crippen LogP contribution in [0.25, 0.3) is 0 Å². The van der Waals surface area contributed by atoms with Gasteiger partial charge in [-0.2, -0.15) is 0 Å². The number of ether oxygens (including phenoxy) is 1. The molecule has 1 saturated carbocycles. The summed E-state index contributed by atoms with van der Waals surface area (Å²) in [6.45, 7) is 4.79. The standard InChI is InChI=1S/C22H32N4O4/c1-2-23-21(29)30-18-7-8-19(24-15-18)25-12-9-22(10-13-25)11-14-26(20(22)28)16-3-5-17(27)6-4-16/h7-8,15-17,27H,2-6,9-14H2,1H3,(H,23,29). The van der Waals surface area contributed by atoms with Gasteiger partial charge in [0.25, 0.3) is 0 Å². The lowest BCUT2D eigenvalue weighted by Gasteiger charge is -2.40. The second-order valence-electron chi connectivity index (χ2n) is 8.75. The van der Waals surface area contributed by atoms with Crippen molar-refractivity contribution < 1.29 is 19.4 Å². The van der Waals surface area contributed by atoms with Crippen LogP contribution in [0.1, 0.15) is 51.9 Å². The van der Waals surface area contributed by atoms with Crippen LogP contribution in [0.4, 0.5) is 10.6 Å². The molecular weight excluding hydrogens is 384 g/mol. The lowest BCUT2D eigenvalue weighted by Crippen LogP contribution is -2.47. The number of aliphatic hydroxyl groups excluding tert-OH is 1. The van der Waals surface area contributed by atoms with Crippen LogP contribution >= 0.6 is 0 Å². The number of piperidine rings is 1. The zero-order chi connectivity index (χ0) is 21.1. The third kappa shape index (κ3) is 4.24. The van der Waals surface area contributed by atoms with Crippen LogP contribution in [0.2, 0.25) is 0 Å². The molecule has 0 bridgehead atoms. The van der Waals surface area contributed by atoms with Gasteiger partial charge < -0.3 is 25.0 Å². The normalized spacial score (nSPS) is 26.1. The third-order valence-electron chi connectivity index (χ3n) is 6.95. The summed E-state index contributed by atoms with van der Waals surface area (Å²) in [4.78, 5) is 33.5. The van der Waals surface area contributed by atoms with Crippen LogP contribution in [0, 0.1) is 5.41 Å². The number of likely N-dealkylation sites (tertiary alicyclic amines) is 1. The van der Waals surface area contributed by atoms with Gasteiger partial charge in [0, 0.05) is 32.2 Å². The van der Waals surface area contributed by atoms with E-state index in [-0.39, 0.29) is 11.5 Å². The number of aromatic nitrogens is 1. The van der Waals surface area contributed by atoms with Gasteiger partial charge in [0.1, 0.15) is 5.82 Å². The fourth-order valence-corrected chi connectivity index (χ4v) is 5.10. The summed E-state index contributed by atoms with van der Waals surface area (Å²) in [7, 11) is 0. The summed E-state index contributed by atoms with van der Waals surface area (Å²) in [5, 5.41) is 12.3. The Kier molecular flexibility index (Phi) is 6.13. The molecule has 2 saturated heterocycles. The SMILES string of the molecule is CCNC(=O)Oc1ccc(N2CCC3(CC2)CCN(C2CCC(O)CC2)C3=O)nc1. The van der Waals surface area contributed by atoms with Crippen molar-refractivity contribution in [1.82, 2.24) is 15.2 Å². The molecular formula is C22H32N4O4. The molecule has 1 aromatic heterocycles. The zero-order valence-electron chi connectivity index (χ0n) is 17.7. The largest absolute Gasteiger partial charge is 0.412 e. The molecule has 8 nitrogen and oxygen atoms in total. The molecule has 1 aliphatic carbocycles. The van der Waals surface area contributed by atoms with E-state index < -0.39 is 6.09 Å². The first-order valence-electron chi connectivity index (χ1n) is 11.2. The Morgan fingerprint density at radius 1 is 1.20 bits per heavy atom. The van der Waals surface area contributed by atoms with Gasteiger partial charge in [-0.15, -0.1) is 0 Å². The smallest absolute Gasteiger partial charge is 0.409 e. The monoisotopic (exact) mass is 416 g/mol. The van der Waals surface area contributed by atoms with Crippen molar-refractivity contribution in [3.8, 4) is 5.75 Å². The molecule has 0 radical (unpaired) electrons. The zero-order valence-corrected chi connectivity index (χ0v) is 17.7. The topological polar surface area (TPSA) is 95.0 Å². The van der Waals surface area contributed by atoms with Gasteiger partial charge in [0.15, 0.2) is 5.75 Å². The lowest BCUT2D eigenvalue weighted by molar-refractivity contribution is -0.139. The average Bonchev–Trinajstić information content (AvgIpc) is 3.06. The van der Waals surface area contributed by atoms with Crippen molar-refractivity contribution >= 4 is 17.8 Å². The average molecular weight is 417 g/mol. The Labute approximate surface area is 177 Å². The molecule has 3 fully saturated rings. The predicted molar refractivity (Wildman–Crippen MR) is 112 cm³/mol. The van der Waals surface area contributed by atoms with Crippen molar-refractivity contribution in [2.45, 2.75) is 64.0 Å². The number of nitrogens with zero attached hydrogens (tertiary/aromatic N) is 3. The summed E-state index contributed by atoms with van der Waals surface area (Å²) in [6.07, 6.45) is 6.97. The molecule has 30 heavy (non-hydrogen) atoms. The summed E-state index contributed by atoms with van der Waals surface area (Å²) < 4.78 is 5.17. The van der Waals surface area contributed by atoms with Gasteiger partial charge in [0.2, 0.25) is 5.91 Å². The number of aliphatic hydroxyl groups is 1. The summed E-state index contributed by atoms with van der Waals surface area (Å²) in [6, 6.07) is 3.92. The summed E-state index contributed by atoms with van der Waals surface area (Å²) >= 11 is 0. The van der Waals surface area contributed by atoms with Crippen molar-refractivity contribution in [3.63, 3.8) is 0 Å². The van der Waals surface area contributed by atoms with E-state index in [4.69, 9.17) is 4.74 Å². The highest BCUT2D eigenvalue weighted by Crippen LogP contribution is 2.44. The first kappa shape index (κ1) is 20.9. The van der Waals surface area contributed by atoms with Gasteiger partial charge >= 0.3 is 6.09 Å². The molecule has 4 rings (SSSR count). The fourth-order valence-electron chi connectivity index (χ4n) is 5.10. The van der Waals surface area contributed by atoms with E-state index >= 15 is 0 Å². The second-order valence-corrected chi connectivity index (χ2v) is 8.75. The highest BCUT2D eigenvalue weighted by atomic mass is 16.6.